The lowest BCUT2D eigenvalue weighted by atomic mass is 9.91. The van der Waals surface area contributed by atoms with E-state index in [1.807, 2.05) is 13.8 Å². The molecule has 0 heterocycles. The van der Waals surface area contributed by atoms with Crippen molar-refractivity contribution in [1.29, 1.82) is 0 Å². The maximum absolute atomic E-state index is 11.7. The molecule has 0 fully saturated rings. The van der Waals surface area contributed by atoms with Gasteiger partial charge in [0.2, 0.25) is 11.8 Å². The van der Waals surface area contributed by atoms with Crippen LogP contribution in [0.4, 0.5) is 0 Å². The van der Waals surface area contributed by atoms with Crippen LogP contribution in [0.5, 0.6) is 0 Å². The van der Waals surface area contributed by atoms with Crippen LogP contribution in [0.3, 0.4) is 0 Å². The zero-order valence-electron chi connectivity index (χ0n) is 10.7. The number of nitrogens with one attached hydrogen (secondary N) is 2. The number of carbonyl (C=O) groups excluding carboxylic acids is 2. The van der Waals surface area contributed by atoms with Crippen molar-refractivity contribution >= 4 is 11.8 Å². The number of carbonyl (C=O) groups is 2. The molecular formula is C11H22N2O3. The van der Waals surface area contributed by atoms with Crippen molar-refractivity contribution in [1.82, 2.24) is 10.6 Å². The van der Waals surface area contributed by atoms with Gasteiger partial charge < -0.3 is 15.4 Å². The molecule has 0 saturated carbocycles. The minimum Gasteiger partial charge on any atom is -0.383 e. The first-order chi connectivity index (χ1) is 7.32. The Labute approximate surface area is 96.9 Å². The molecule has 0 spiro atoms. The standard InChI is InChI=1S/C11H22N2O3/c1-8(2)13-10(15)11(3,4)9(14)12-6-7-16-5/h8H,6-7H2,1-5H3,(H,12,14)(H,13,15). The largest absolute Gasteiger partial charge is 0.383 e. The first-order valence-electron chi connectivity index (χ1n) is 5.40. The molecule has 5 nitrogen and oxygen atoms in total. The normalized spacial score (nSPS) is 11.4. The quantitative estimate of drug-likeness (QED) is 0.509. The van der Waals surface area contributed by atoms with E-state index < -0.39 is 5.41 Å². The zero-order valence-corrected chi connectivity index (χ0v) is 10.7. The van der Waals surface area contributed by atoms with Crippen molar-refractivity contribution in [3.63, 3.8) is 0 Å². The summed E-state index contributed by atoms with van der Waals surface area (Å²) in [7, 11) is 1.56. The molecule has 0 aromatic carbocycles. The van der Waals surface area contributed by atoms with Crippen LogP contribution in [0.1, 0.15) is 27.7 Å². The summed E-state index contributed by atoms with van der Waals surface area (Å²) >= 11 is 0. The van der Waals surface area contributed by atoms with E-state index in [1.54, 1.807) is 21.0 Å². The minimum atomic E-state index is -1.06. The number of hydrogen-bond acceptors (Lipinski definition) is 3. The van der Waals surface area contributed by atoms with Gasteiger partial charge in [0.05, 0.1) is 6.61 Å². The topological polar surface area (TPSA) is 67.4 Å². The average molecular weight is 230 g/mol. The first kappa shape index (κ1) is 14.9. The smallest absolute Gasteiger partial charge is 0.235 e. The van der Waals surface area contributed by atoms with E-state index in [4.69, 9.17) is 4.74 Å². The number of ether oxygens (including phenoxy) is 1. The van der Waals surface area contributed by atoms with Crippen LogP contribution in [-0.4, -0.2) is 38.1 Å². The van der Waals surface area contributed by atoms with Crippen molar-refractivity contribution < 1.29 is 14.3 Å². The second-order valence-corrected chi connectivity index (χ2v) is 4.50. The van der Waals surface area contributed by atoms with Gasteiger partial charge in [-0.25, -0.2) is 0 Å². The lowest BCUT2D eigenvalue weighted by Crippen LogP contribution is -2.50. The zero-order chi connectivity index (χ0) is 12.8. The number of amides is 2. The molecule has 0 aromatic heterocycles. The van der Waals surface area contributed by atoms with E-state index in [-0.39, 0.29) is 17.9 Å². The van der Waals surface area contributed by atoms with Crippen molar-refractivity contribution in [2.45, 2.75) is 33.7 Å². The molecule has 0 unspecified atom stereocenters. The summed E-state index contributed by atoms with van der Waals surface area (Å²) in [6, 6.07) is 0.0264. The Bertz CT molecular complexity index is 250. The Morgan fingerprint density at radius 2 is 1.81 bits per heavy atom. The maximum atomic E-state index is 11.7. The predicted molar refractivity (Wildman–Crippen MR) is 61.9 cm³/mol. The van der Waals surface area contributed by atoms with E-state index in [1.165, 1.54) is 0 Å². The summed E-state index contributed by atoms with van der Waals surface area (Å²) in [5.74, 6) is -0.555. The van der Waals surface area contributed by atoms with Gasteiger partial charge in [0, 0.05) is 19.7 Å². The molecule has 0 aromatic rings. The number of rotatable bonds is 6. The highest BCUT2D eigenvalue weighted by Crippen LogP contribution is 2.15. The van der Waals surface area contributed by atoms with Crippen LogP contribution in [-0.2, 0) is 14.3 Å². The molecule has 94 valence electrons. The fraction of sp³-hybridized carbons (Fsp3) is 0.818. The SMILES string of the molecule is COCCNC(=O)C(C)(C)C(=O)NC(C)C. The van der Waals surface area contributed by atoms with Gasteiger partial charge in [-0.2, -0.15) is 0 Å². The molecule has 0 aliphatic rings. The van der Waals surface area contributed by atoms with E-state index in [2.05, 4.69) is 10.6 Å². The summed E-state index contributed by atoms with van der Waals surface area (Å²) in [4.78, 5) is 23.5. The van der Waals surface area contributed by atoms with Gasteiger partial charge in [0.25, 0.3) is 0 Å². The predicted octanol–water partition coefficient (Wildman–Crippen LogP) is 0.300. The molecule has 0 aliphatic carbocycles. The van der Waals surface area contributed by atoms with E-state index in [9.17, 15) is 9.59 Å². The lowest BCUT2D eigenvalue weighted by Gasteiger charge is -2.23. The lowest BCUT2D eigenvalue weighted by molar-refractivity contribution is -0.141. The third kappa shape index (κ3) is 4.61. The molecule has 2 N–H and O–H groups in total. The molecule has 0 rings (SSSR count). The van der Waals surface area contributed by atoms with Gasteiger partial charge in [0.1, 0.15) is 5.41 Å². The summed E-state index contributed by atoms with van der Waals surface area (Å²) in [5.41, 5.74) is -1.06. The Morgan fingerprint density at radius 3 is 2.25 bits per heavy atom. The Morgan fingerprint density at radius 1 is 1.25 bits per heavy atom. The van der Waals surface area contributed by atoms with E-state index >= 15 is 0 Å². The molecule has 0 saturated heterocycles. The Kier molecular flexibility index (Phi) is 6.03. The van der Waals surface area contributed by atoms with Crippen LogP contribution in [0, 0.1) is 5.41 Å². The molecule has 0 radical (unpaired) electrons. The fourth-order valence-corrected chi connectivity index (χ4v) is 1.03. The summed E-state index contributed by atoms with van der Waals surface area (Å²) in [6.07, 6.45) is 0. The maximum Gasteiger partial charge on any atom is 0.235 e. The highest BCUT2D eigenvalue weighted by Gasteiger charge is 2.35. The molecule has 16 heavy (non-hydrogen) atoms. The van der Waals surface area contributed by atoms with Gasteiger partial charge in [-0.3, -0.25) is 9.59 Å². The molecule has 2 amide bonds. The highest BCUT2D eigenvalue weighted by atomic mass is 16.5. The second-order valence-electron chi connectivity index (χ2n) is 4.50. The van der Waals surface area contributed by atoms with E-state index in [0.29, 0.717) is 13.2 Å². The minimum absolute atomic E-state index is 0.0264. The van der Waals surface area contributed by atoms with Gasteiger partial charge in [-0.05, 0) is 27.7 Å². The number of methoxy groups -OCH3 is 1. The van der Waals surface area contributed by atoms with Crippen LogP contribution in [0.25, 0.3) is 0 Å². The van der Waals surface area contributed by atoms with Crippen molar-refractivity contribution in [3.8, 4) is 0 Å². The average Bonchev–Trinajstić information content (AvgIpc) is 2.16. The van der Waals surface area contributed by atoms with Gasteiger partial charge in [-0.15, -0.1) is 0 Å². The van der Waals surface area contributed by atoms with Crippen LogP contribution < -0.4 is 10.6 Å². The monoisotopic (exact) mass is 230 g/mol. The van der Waals surface area contributed by atoms with Gasteiger partial charge in [0.15, 0.2) is 0 Å². The highest BCUT2D eigenvalue weighted by molar-refractivity contribution is 6.04. The molecule has 0 atom stereocenters. The summed E-state index contributed by atoms with van der Waals surface area (Å²) in [6.45, 7) is 7.77. The fourth-order valence-electron chi connectivity index (χ4n) is 1.03. The summed E-state index contributed by atoms with van der Waals surface area (Å²) in [5, 5.41) is 5.38. The first-order valence-corrected chi connectivity index (χ1v) is 5.40. The molecule has 0 aliphatic heterocycles. The Hall–Kier alpha value is -1.10. The third-order valence-electron chi connectivity index (χ3n) is 2.15. The van der Waals surface area contributed by atoms with Crippen LogP contribution >= 0.6 is 0 Å². The Balaban J connectivity index is 4.29. The van der Waals surface area contributed by atoms with Gasteiger partial charge in [-0.1, -0.05) is 0 Å². The van der Waals surface area contributed by atoms with Crippen molar-refractivity contribution in [2.24, 2.45) is 5.41 Å². The third-order valence-corrected chi connectivity index (χ3v) is 2.15. The molecule has 0 bridgehead atoms. The van der Waals surface area contributed by atoms with Crippen molar-refractivity contribution in [2.75, 3.05) is 20.3 Å². The van der Waals surface area contributed by atoms with Gasteiger partial charge >= 0.3 is 0 Å². The van der Waals surface area contributed by atoms with Crippen molar-refractivity contribution in [3.05, 3.63) is 0 Å². The van der Waals surface area contributed by atoms with Crippen LogP contribution in [0.2, 0.25) is 0 Å². The second kappa shape index (κ2) is 6.48. The van der Waals surface area contributed by atoms with E-state index in [0.717, 1.165) is 0 Å². The summed E-state index contributed by atoms with van der Waals surface area (Å²) < 4.78 is 4.81. The van der Waals surface area contributed by atoms with Crippen LogP contribution in [0.15, 0.2) is 0 Å². The number of hydrogen-bond donors (Lipinski definition) is 2. The molecular weight excluding hydrogens is 208 g/mol. The molecule has 5 heteroatoms.